The molecule has 7 nitrogen and oxygen atoms in total. The highest BCUT2D eigenvalue weighted by Gasteiger charge is 2.52. The van der Waals surface area contributed by atoms with E-state index in [0.29, 0.717) is 23.7 Å². The normalized spacial score (nSPS) is 16.7. The number of rotatable bonds is 8. The van der Waals surface area contributed by atoms with E-state index in [-0.39, 0.29) is 11.8 Å². The van der Waals surface area contributed by atoms with Gasteiger partial charge < -0.3 is 24.4 Å². The Morgan fingerprint density at radius 1 is 0.875 bits per heavy atom. The van der Waals surface area contributed by atoms with Gasteiger partial charge in [0.15, 0.2) is 23.7 Å². The largest absolute Gasteiger partial charge is 0.493 e. The lowest BCUT2D eigenvalue weighted by Crippen LogP contribution is -2.36. The molecule has 0 aromatic heterocycles. The summed E-state index contributed by atoms with van der Waals surface area (Å²) in [7, 11) is 3.06. The van der Waals surface area contributed by atoms with Crippen molar-refractivity contribution in [1.82, 2.24) is 0 Å². The van der Waals surface area contributed by atoms with E-state index in [0.717, 1.165) is 11.3 Å². The predicted octanol–water partition coefficient (Wildman–Crippen LogP) is 3.64. The zero-order valence-corrected chi connectivity index (χ0v) is 17.9. The number of hydrogen-bond donors (Lipinski definition) is 1. The van der Waals surface area contributed by atoms with Gasteiger partial charge in [0, 0.05) is 17.4 Å². The summed E-state index contributed by atoms with van der Waals surface area (Å²) in [4.78, 5) is 27.6. The van der Waals surface area contributed by atoms with Crippen LogP contribution in [-0.2, 0) is 20.9 Å². The molecule has 0 bridgehead atoms. The Bertz CT molecular complexity index is 1090. The quantitative estimate of drug-likeness (QED) is 0.550. The Hall–Kier alpha value is -3.84. The van der Waals surface area contributed by atoms with Crippen LogP contribution in [0.15, 0.2) is 78.9 Å². The van der Waals surface area contributed by atoms with Crippen molar-refractivity contribution < 1.29 is 23.8 Å². The standard InChI is InChI=1S/C25H24N2O5/c1-30-20-14-13-18(15-21(20)31-2)26-24(28)22-23(32-22)25(29)27(19-11-7-4-8-12-19)16-17-9-5-3-6-10-17/h3-15,22-23H,16H2,1-2H3,(H,26,28). The molecule has 4 rings (SSSR count). The Morgan fingerprint density at radius 2 is 1.53 bits per heavy atom. The SMILES string of the molecule is COc1ccc(NC(=O)C2OC2C(=O)N(Cc2ccccc2)c2ccccc2)cc1OC. The van der Waals surface area contributed by atoms with Gasteiger partial charge in [0.2, 0.25) is 0 Å². The third kappa shape index (κ3) is 4.73. The molecule has 1 heterocycles. The summed E-state index contributed by atoms with van der Waals surface area (Å²) in [6.45, 7) is 0.383. The molecule has 0 saturated carbocycles. The average molecular weight is 432 g/mol. The minimum Gasteiger partial charge on any atom is -0.493 e. The molecule has 32 heavy (non-hydrogen) atoms. The van der Waals surface area contributed by atoms with Gasteiger partial charge in [-0.25, -0.2) is 0 Å². The first-order valence-corrected chi connectivity index (χ1v) is 10.2. The molecule has 3 aromatic rings. The number of amides is 2. The van der Waals surface area contributed by atoms with E-state index in [2.05, 4.69) is 5.32 Å². The van der Waals surface area contributed by atoms with Gasteiger partial charge in [-0.2, -0.15) is 0 Å². The molecular formula is C25H24N2O5. The topological polar surface area (TPSA) is 80.4 Å². The highest BCUT2D eigenvalue weighted by Crippen LogP contribution is 2.32. The second-order valence-corrected chi connectivity index (χ2v) is 7.28. The number of epoxide rings is 1. The maximum Gasteiger partial charge on any atom is 0.259 e. The van der Waals surface area contributed by atoms with Crippen molar-refractivity contribution in [2.45, 2.75) is 18.8 Å². The third-order valence-electron chi connectivity index (χ3n) is 5.16. The van der Waals surface area contributed by atoms with Gasteiger partial charge >= 0.3 is 0 Å². The summed E-state index contributed by atoms with van der Waals surface area (Å²) in [6, 6.07) is 24.1. The van der Waals surface area contributed by atoms with Gasteiger partial charge in [-0.1, -0.05) is 48.5 Å². The van der Waals surface area contributed by atoms with Crippen LogP contribution < -0.4 is 19.7 Å². The van der Waals surface area contributed by atoms with Crippen molar-refractivity contribution in [1.29, 1.82) is 0 Å². The summed E-state index contributed by atoms with van der Waals surface area (Å²) in [5, 5.41) is 2.77. The summed E-state index contributed by atoms with van der Waals surface area (Å²) < 4.78 is 16.0. The maximum absolute atomic E-state index is 13.2. The van der Waals surface area contributed by atoms with E-state index in [1.54, 1.807) is 23.1 Å². The molecule has 164 valence electrons. The lowest BCUT2D eigenvalue weighted by Gasteiger charge is -2.22. The summed E-state index contributed by atoms with van der Waals surface area (Å²) >= 11 is 0. The van der Waals surface area contributed by atoms with E-state index < -0.39 is 12.2 Å². The second kappa shape index (κ2) is 9.53. The molecule has 1 fully saturated rings. The van der Waals surface area contributed by atoms with Crippen LogP contribution in [0.2, 0.25) is 0 Å². The number of benzene rings is 3. The minimum absolute atomic E-state index is 0.257. The van der Waals surface area contributed by atoms with E-state index >= 15 is 0 Å². The van der Waals surface area contributed by atoms with Gasteiger partial charge in [-0.05, 0) is 29.8 Å². The van der Waals surface area contributed by atoms with Crippen molar-refractivity contribution in [3.63, 3.8) is 0 Å². The van der Waals surface area contributed by atoms with Crippen LogP contribution >= 0.6 is 0 Å². The van der Waals surface area contributed by atoms with Crippen LogP contribution in [0.25, 0.3) is 0 Å². The molecule has 0 radical (unpaired) electrons. The van der Waals surface area contributed by atoms with Crippen LogP contribution in [0.3, 0.4) is 0 Å². The average Bonchev–Trinajstić information content (AvgIpc) is 3.64. The molecule has 2 amide bonds. The minimum atomic E-state index is -0.849. The van der Waals surface area contributed by atoms with Gasteiger partial charge in [0.25, 0.3) is 11.8 Å². The van der Waals surface area contributed by atoms with E-state index in [1.165, 1.54) is 14.2 Å². The first-order chi connectivity index (χ1) is 15.6. The summed E-state index contributed by atoms with van der Waals surface area (Å²) in [5.41, 5.74) is 2.26. The van der Waals surface area contributed by atoms with Gasteiger partial charge in [-0.15, -0.1) is 0 Å². The van der Waals surface area contributed by atoms with Crippen molar-refractivity contribution in [3.8, 4) is 11.5 Å². The van der Waals surface area contributed by atoms with E-state index in [4.69, 9.17) is 14.2 Å². The van der Waals surface area contributed by atoms with Crippen molar-refractivity contribution in [3.05, 3.63) is 84.4 Å². The number of anilines is 2. The van der Waals surface area contributed by atoms with Crippen molar-refractivity contribution in [2.75, 3.05) is 24.4 Å². The monoisotopic (exact) mass is 432 g/mol. The molecule has 2 unspecified atom stereocenters. The van der Waals surface area contributed by atoms with Crippen LogP contribution in [-0.4, -0.2) is 38.2 Å². The summed E-state index contributed by atoms with van der Waals surface area (Å²) in [5.74, 6) is 0.407. The van der Waals surface area contributed by atoms with Crippen LogP contribution in [0.1, 0.15) is 5.56 Å². The first-order valence-electron chi connectivity index (χ1n) is 10.2. The number of hydrogen-bond acceptors (Lipinski definition) is 5. The maximum atomic E-state index is 13.2. The molecule has 2 atom stereocenters. The number of carbonyl (C=O) groups excluding carboxylic acids is 2. The number of nitrogens with zero attached hydrogens (tertiary/aromatic N) is 1. The fraction of sp³-hybridized carbons (Fsp3) is 0.200. The van der Waals surface area contributed by atoms with Crippen LogP contribution in [0.5, 0.6) is 11.5 Å². The van der Waals surface area contributed by atoms with Crippen LogP contribution in [0, 0.1) is 0 Å². The molecule has 1 aliphatic heterocycles. The van der Waals surface area contributed by atoms with E-state index in [9.17, 15) is 9.59 Å². The van der Waals surface area contributed by atoms with Gasteiger partial charge in [-0.3, -0.25) is 9.59 Å². The lowest BCUT2D eigenvalue weighted by atomic mass is 10.1. The molecule has 0 aliphatic carbocycles. The number of para-hydroxylation sites is 1. The number of carbonyl (C=O) groups is 2. The molecule has 7 heteroatoms. The fourth-order valence-corrected chi connectivity index (χ4v) is 3.45. The Morgan fingerprint density at radius 3 is 2.19 bits per heavy atom. The third-order valence-corrected chi connectivity index (χ3v) is 5.16. The molecule has 1 saturated heterocycles. The molecule has 3 aromatic carbocycles. The smallest absolute Gasteiger partial charge is 0.259 e. The zero-order valence-electron chi connectivity index (χ0n) is 17.9. The second-order valence-electron chi connectivity index (χ2n) is 7.28. The van der Waals surface area contributed by atoms with Crippen LogP contribution in [0.4, 0.5) is 11.4 Å². The lowest BCUT2D eigenvalue weighted by molar-refractivity contribution is -0.120. The molecule has 1 N–H and O–H groups in total. The number of methoxy groups -OCH3 is 2. The predicted molar refractivity (Wildman–Crippen MR) is 121 cm³/mol. The Kier molecular flexibility index (Phi) is 6.37. The Labute approximate surface area is 186 Å². The van der Waals surface area contributed by atoms with Gasteiger partial charge in [0.1, 0.15) is 0 Å². The highest BCUT2D eigenvalue weighted by molar-refractivity contribution is 6.06. The molecule has 0 spiro atoms. The zero-order chi connectivity index (χ0) is 22.5. The fourth-order valence-electron chi connectivity index (χ4n) is 3.45. The van der Waals surface area contributed by atoms with Crippen molar-refractivity contribution in [2.24, 2.45) is 0 Å². The number of ether oxygens (including phenoxy) is 3. The highest BCUT2D eigenvalue weighted by atomic mass is 16.6. The summed E-state index contributed by atoms with van der Waals surface area (Å²) in [6.07, 6.45) is -1.68. The first kappa shape index (κ1) is 21.4. The van der Waals surface area contributed by atoms with Gasteiger partial charge in [0.05, 0.1) is 20.8 Å². The van der Waals surface area contributed by atoms with E-state index in [1.807, 2.05) is 60.7 Å². The Balaban J connectivity index is 1.46. The molecular weight excluding hydrogens is 408 g/mol. The van der Waals surface area contributed by atoms with Crippen molar-refractivity contribution >= 4 is 23.2 Å². The molecule has 1 aliphatic rings. The number of nitrogens with one attached hydrogen (secondary N) is 1.